The lowest BCUT2D eigenvalue weighted by Gasteiger charge is -2.30. The maximum atomic E-state index is 14.5. The normalized spacial score (nSPS) is 14.5. The second-order valence-corrected chi connectivity index (χ2v) is 15.5. The monoisotopic (exact) mass is 937 g/mol. The molecule has 1 aliphatic heterocycles. The van der Waals surface area contributed by atoms with Crippen molar-refractivity contribution in [2.75, 3.05) is 20.2 Å². The van der Waals surface area contributed by atoms with Gasteiger partial charge in [-0.15, -0.1) is 0 Å². The fourth-order valence-electron chi connectivity index (χ4n) is 6.03. The van der Waals surface area contributed by atoms with Crippen LogP contribution in [0.5, 0.6) is 11.5 Å². The molecule has 7 nitrogen and oxygen atoms in total. The summed E-state index contributed by atoms with van der Waals surface area (Å²) in [5.41, 5.74) is 3.23. The molecule has 2 heterocycles. The van der Waals surface area contributed by atoms with E-state index in [0.717, 1.165) is 40.4 Å². The molecule has 6 rings (SSSR count). The van der Waals surface area contributed by atoms with E-state index in [1.807, 2.05) is 81.4 Å². The van der Waals surface area contributed by atoms with E-state index in [2.05, 4.69) is 45.2 Å². The van der Waals surface area contributed by atoms with Crippen LogP contribution in [0.2, 0.25) is 10.0 Å². The van der Waals surface area contributed by atoms with Crippen LogP contribution in [0.15, 0.2) is 87.8 Å². The molecule has 1 aromatic heterocycles. The molecule has 0 saturated heterocycles. The van der Waals surface area contributed by atoms with Gasteiger partial charge in [-0.3, -0.25) is 14.2 Å². The average Bonchev–Trinajstić information content (AvgIpc) is 3.38. The Morgan fingerprint density at radius 1 is 1.04 bits per heavy atom. The molecule has 0 spiro atoms. The molecule has 0 bridgehead atoms. The molecule has 12 heteroatoms. The van der Waals surface area contributed by atoms with Crippen molar-refractivity contribution < 1.29 is 14.3 Å². The maximum absolute atomic E-state index is 14.5. The summed E-state index contributed by atoms with van der Waals surface area (Å²) >= 11 is 18.2. The molecule has 1 atom stereocenters. The number of fused-ring (bicyclic) bond motifs is 2. The number of ether oxygens (including phenoxy) is 2. The van der Waals surface area contributed by atoms with Crippen LogP contribution in [-0.2, 0) is 11.4 Å². The number of rotatable bonds is 9. The third kappa shape index (κ3) is 7.03. The molecule has 0 aliphatic carbocycles. The van der Waals surface area contributed by atoms with E-state index in [1.54, 1.807) is 28.7 Å². The van der Waals surface area contributed by atoms with Gasteiger partial charge < -0.3 is 14.4 Å². The van der Waals surface area contributed by atoms with Crippen molar-refractivity contribution >= 4 is 102 Å². The zero-order valence-electron chi connectivity index (χ0n) is 27.0. The van der Waals surface area contributed by atoms with Crippen LogP contribution in [0.25, 0.3) is 16.8 Å². The van der Waals surface area contributed by atoms with Gasteiger partial charge in [-0.1, -0.05) is 70.9 Å². The van der Waals surface area contributed by atoms with E-state index in [-0.39, 0.29) is 18.1 Å². The molecule has 0 radical (unpaired) electrons. The summed E-state index contributed by atoms with van der Waals surface area (Å²) in [6, 6.07) is 20.4. The van der Waals surface area contributed by atoms with Gasteiger partial charge in [0.25, 0.3) is 11.5 Å². The van der Waals surface area contributed by atoms with Crippen molar-refractivity contribution in [1.82, 2.24) is 9.47 Å². The number of benzene rings is 4. The Labute approximate surface area is 325 Å². The molecule has 0 saturated carbocycles. The van der Waals surface area contributed by atoms with Crippen LogP contribution in [0.3, 0.4) is 0 Å². The minimum atomic E-state index is -0.747. The Morgan fingerprint density at radius 3 is 2.43 bits per heavy atom. The molecule has 0 N–H and O–H groups in total. The van der Waals surface area contributed by atoms with Crippen LogP contribution in [-0.4, -0.2) is 35.6 Å². The van der Waals surface area contributed by atoms with Crippen molar-refractivity contribution in [2.24, 2.45) is 4.99 Å². The van der Waals surface area contributed by atoms with E-state index in [0.29, 0.717) is 49.5 Å². The first-order valence-corrected chi connectivity index (χ1v) is 19.2. The highest BCUT2D eigenvalue weighted by molar-refractivity contribution is 14.1. The summed E-state index contributed by atoms with van der Waals surface area (Å²) < 4.78 is 16.0. The zero-order valence-corrected chi connectivity index (χ0v) is 33.7. The van der Waals surface area contributed by atoms with Crippen LogP contribution in [0.1, 0.15) is 43.5 Å². The van der Waals surface area contributed by atoms with Gasteiger partial charge in [0.1, 0.15) is 24.1 Å². The van der Waals surface area contributed by atoms with Gasteiger partial charge >= 0.3 is 0 Å². The molecular weight excluding hydrogens is 907 g/mol. The summed E-state index contributed by atoms with van der Waals surface area (Å²) in [6.07, 6.45) is 1.87. The molecule has 49 heavy (non-hydrogen) atoms. The topological polar surface area (TPSA) is 73.1 Å². The van der Waals surface area contributed by atoms with E-state index >= 15 is 0 Å². The molecule has 252 valence electrons. The van der Waals surface area contributed by atoms with Crippen LogP contribution in [0.4, 0.5) is 0 Å². The lowest BCUT2D eigenvalue weighted by atomic mass is 9.90. The van der Waals surface area contributed by atoms with Gasteiger partial charge in [-0.25, -0.2) is 4.99 Å². The highest BCUT2D eigenvalue weighted by Crippen LogP contribution is 2.40. The maximum Gasteiger partial charge on any atom is 0.271 e. The summed E-state index contributed by atoms with van der Waals surface area (Å²) in [7, 11) is 1.61. The Kier molecular flexibility index (Phi) is 11.1. The van der Waals surface area contributed by atoms with Crippen LogP contribution in [0, 0.1) is 7.14 Å². The predicted molar refractivity (Wildman–Crippen MR) is 215 cm³/mol. The fraction of sp³-hybridized carbons (Fsp3) is 0.216. The van der Waals surface area contributed by atoms with Crippen molar-refractivity contribution in [3.8, 4) is 11.5 Å². The number of carbonyl (C=O) groups excluding carboxylic acids is 1. The Morgan fingerprint density at radius 2 is 1.76 bits per heavy atom. The molecule has 0 fully saturated rings. The molecule has 1 amide bonds. The lowest BCUT2D eigenvalue weighted by molar-refractivity contribution is -0.127. The van der Waals surface area contributed by atoms with Gasteiger partial charge in [0.15, 0.2) is 4.80 Å². The Bertz CT molecular complexity index is 2310. The van der Waals surface area contributed by atoms with E-state index < -0.39 is 6.04 Å². The number of halogens is 4. The third-order valence-corrected chi connectivity index (χ3v) is 11.6. The van der Waals surface area contributed by atoms with Crippen LogP contribution >= 0.6 is 79.7 Å². The summed E-state index contributed by atoms with van der Waals surface area (Å²) in [6.45, 7) is 7.08. The minimum Gasteiger partial charge on any atom is -0.496 e. The largest absolute Gasteiger partial charge is 0.496 e. The Hall–Kier alpha value is -2.91. The number of thiazole rings is 1. The summed E-state index contributed by atoms with van der Waals surface area (Å²) in [5.74, 6) is 1.17. The molecule has 5 aromatic rings. The minimum absolute atomic E-state index is 0.153. The van der Waals surface area contributed by atoms with Crippen molar-refractivity contribution in [3.05, 3.63) is 132 Å². The number of hydrogen-bond acceptors (Lipinski definition) is 6. The van der Waals surface area contributed by atoms with E-state index in [1.165, 1.54) is 11.3 Å². The van der Waals surface area contributed by atoms with Crippen molar-refractivity contribution in [2.45, 2.75) is 33.4 Å². The van der Waals surface area contributed by atoms with Crippen molar-refractivity contribution in [1.29, 1.82) is 0 Å². The second kappa shape index (κ2) is 15.1. The quantitative estimate of drug-likeness (QED) is 0.140. The van der Waals surface area contributed by atoms with E-state index in [4.69, 9.17) is 37.7 Å². The average molecular weight is 938 g/mol. The first-order chi connectivity index (χ1) is 23.6. The lowest BCUT2D eigenvalue weighted by Crippen LogP contribution is -2.43. The molecule has 4 aromatic carbocycles. The number of likely N-dealkylation sites (N-methyl/N-ethyl adjacent to an activating group) is 1. The number of allylic oxidation sites excluding steroid dienone is 1. The standard InChI is InChI=1S/C37H31Cl2I2N3O4S/c1-5-43(6-2)36(46)31-20(3)42-37-44(33(31)32-25-10-8-7-9-22(25)12-14-29(32)47-4)35(45)30(49-37)17-21-15-27(40)34(28(41)16-21)48-19-23-11-13-24(38)18-26(23)39/h7-18,33H,5-6,19H2,1-4H3/b30-17+/t33-/m1/s1. The van der Waals surface area contributed by atoms with Gasteiger partial charge in [0.05, 0.1) is 30.1 Å². The fourth-order valence-corrected chi connectivity index (χ4v) is 9.66. The SMILES string of the molecule is CCN(CC)C(=O)C1=C(C)N=c2s/c(=C/c3cc(I)c(OCc4ccc(Cl)cc4Cl)c(I)c3)c(=O)n2[C@H]1c1c(OC)ccc2ccccc12. The highest BCUT2D eigenvalue weighted by atomic mass is 127. The molecule has 1 aliphatic rings. The van der Waals surface area contributed by atoms with E-state index in [9.17, 15) is 9.59 Å². The van der Waals surface area contributed by atoms with Gasteiger partial charge in [0.2, 0.25) is 0 Å². The number of carbonyl (C=O) groups is 1. The predicted octanol–water partition coefficient (Wildman–Crippen LogP) is 8.36. The Balaban J connectivity index is 1.49. The van der Waals surface area contributed by atoms with Gasteiger partial charge in [0, 0.05) is 34.3 Å². The first-order valence-electron chi connectivity index (χ1n) is 15.5. The number of aromatic nitrogens is 1. The summed E-state index contributed by atoms with van der Waals surface area (Å²) in [4.78, 5) is 35.9. The number of nitrogens with zero attached hydrogens (tertiary/aromatic N) is 3. The van der Waals surface area contributed by atoms with Gasteiger partial charge in [-0.2, -0.15) is 0 Å². The third-order valence-electron chi connectivity index (χ3n) is 8.43. The number of methoxy groups -OCH3 is 1. The van der Waals surface area contributed by atoms with Gasteiger partial charge in [-0.05, 0) is 119 Å². The first kappa shape index (κ1) is 35.9. The highest BCUT2D eigenvalue weighted by Gasteiger charge is 2.36. The second-order valence-electron chi connectivity index (χ2n) is 11.3. The molecule has 0 unspecified atom stereocenters. The number of amides is 1. The smallest absolute Gasteiger partial charge is 0.271 e. The zero-order chi connectivity index (χ0) is 35.0. The summed E-state index contributed by atoms with van der Waals surface area (Å²) in [5, 5.41) is 2.99. The number of hydrogen-bond donors (Lipinski definition) is 0. The van der Waals surface area contributed by atoms with Crippen LogP contribution < -0.4 is 24.4 Å². The van der Waals surface area contributed by atoms with Crippen molar-refractivity contribution in [3.63, 3.8) is 0 Å². The molecular formula is C37H31Cl2I2N3O4S.